The van der Waals surface area contributed by atoms with Crippen molar-refractivity contribution in [3.8, 4) is 5.88 Å². The topological polar surface area (TPSA) is 112 Å². The summed E-state index contributed by atoms with van der Waals surface area (Å²) in [4.78, 5) is 28.8. The molecule has 0 amide bonds. The van der Waals surface area contributed by atoms with Crippen molar-refractivity contribution < 1.29 is 41.3 Å². The zero-order valence-electron chi connectivity index (χ0n) is 23.6. The number of rotatable bonds is 5. The molecule has 3 aliphatic heterocycles. The van der Waals surface area contributed by atoms with Gasteiger partial charge in [0.2, 0.25) is 11.7 Å². The fourth-order valence-electron chi connectivity index (χ4n) is 6.15. The van der Waals surface area contributed by atoms with Crippen LogP contribution in [0.25, 0.3) is 22.1 Å². The van der Waals surface area contributed by atoms with E-state index in [-0.39, 0.29) is 35.9 Å². The van der Waals surface area contributed by atoms with E-state index < -0.39 is 35.7 Å². The fraction of sp³-hybridized carbons (Fsp3) is 0.448. The smallest absolute Gasteiger partial charge is 0.451 e. The first-order valence-corrected chi connectivity index (χ1v) is 14.8. The molecule has 0 aliphatic carbocycles. The zero-order valence-corrected chi connectivity index (χ0v) is 25.2. The monoisotopic (exact) mass is 677 g/mol. The SMILES string of the molecule is COC(=O)[C@@H]1CC(Oc2ncc(Br)cc2N2CCOC3(COC3)[C@@H]2C)CN1c1nc(C(F)(F)F)nc2c1oc1ccccc12. The number of pyridine rings is 1. The molecule has 0 bridgehead atoms. The number of fused-ring (bicyclic) bond motifs is 3. The van der Waals surface area contributed by atoms with Gasteiger partial charge in [0, 0.05) is 29.0 Å². The van der Waals surface area contributed by atoms with Crippen molar-refractivity contribution in [2.24, 2.45) is 0 Å². The first-order chi connectivity index (χ1) is 21.1. The van der Waals surface area contributed by atoms with Gasteiger partial charge < -0.3 is 33.2 Å². The van der Waals surface area contributed by atoms with Crippen LogP contribution in [-0.2, 0) is 25.2 Å². The van der Waals surface area contributed by atoms with Crippen LogP contribution in [0.4, 0.5) is 24.7 Å². The molecule has 11 nitrogen and oxygen atoms in total. The highest BCUT2D eigenvalue weighted by atomic mass is 79.9. The number of para-hydroxylation sites is 1. The number of nitrogens with zero attached hydrogens (tertiary/aromatic N) is 5. The maximum absolute atomic E-state index is 14.0. The average Bonchev–Trinajstić information content (AvgIpc) is 3.58. The lowest BCUT2D eigenvalue weighted by molar-refractivity contribution is -0.228. The van der Waals surface area contributed by atoms with E-state index in [9.17, 15) is 18.0 Å². The summed E-state index contributed by atoms with van der Waals surface area (Å²) in [5.74, 6) is -1.84. The fourth-order valence-corrected chi connectivity index (χ4v) is 6.47. The van der Waals surface area contributed by atoms with Gasteiger partial charge in [0.25, 0.3) is 0 Å². The van der Waals surface area contributed by atoms with E-state index in [0.29, 0.717) is 43.2 Å². The molecule has 232 valence electrons. The van der Waals surface area contributed by atoms with Crippen molar-refractivity contribution in [3.63, 3.8) is 0 Å². The van der Waals surface area contributed by atoms with Gasteiger partial charge in [-0.05, 0) is 41.1 Å². The third-order valence-electron chi connectivity index (χ3n) is 8.49. The molecule has 0 saturated carbocycles. The van der Waals surface area contributed by atoms with Gasteiger partial charge in [-0.2, -0.15) is 13.2 Å². The van der Waals surface area contributed by atoms with Crippen LogP contribution in [0.2, 0.25) is 0 Å². The number of carbonyl (C=O) groups is 1. The number of morpholine rings is 1. The Balaban J connectivity index is 1.26. The summed E-state index contributed by atoms with van der Waals surface area (Å²) in [5.41, 5.74) is 0.663. The number of ether oxygens (including phenoxy) is 4. The van der Waals surface area contributed by atoms with Gasteiger partial charge in [-0.25, -0.2) is 19.7 Å². The largest absolute Gasteiger partial charge is 0.471 e. The molecule has 6 heterocycles. The van der Waals surface area contributed by atoms with Gasteiger partial charge in [0.05, 0.1) is 39.5 Å². The highest BCUT2D eigenvalue weighted by Gasteiger charge is 2.50. The van der Waals surface area contributed by atoms with E-state index in [1.54, 1.807) is 30.5 Å². The molecule has 7 rings (SSSR count). The second-order valence-corrected chi connectivity index (χ2v) is 12.0. The van der Waals surface area contributed by atoms with Crippen molar-refractivity contribution in [3.05, 3.63) is 46.8 Å². The third-order valence-corrected chi connectivity index (χ3v) is 8.93. The molecule has 3 fully saturated rings. The molecule has 4 aromatic rings. The standard InChI is InChI=1S/C29H27BrF3N5O6/c1-15-28(13-41-14-28)42-8-7-37(15)19-9-16(30)11-34-25(19)43-17-10-20(26(39)40-2)38(12-17)24-23-22(35-27(36-24)29(31,32)33)18-5-3-4-6-21(18)44-23/h3-6,9,11,15,17,20H,7-8,10,12-14H2,1-2H3/t15-,17?,20-/m0/s1. The molecule has 44 heavy (non-hydrogen) atoms. The Morgan fingerprint density at radius 2 is 1.98 bits per heavy atom. The highest BCUT2D eigenvalue weighted by Crippen LogP contribution is 2.42. The lowest BCUT2D eigenvalue weighted by Gasteiger charge is -2.53. The molecule has 3 aromatic heterocycles. The zero-order chi connectivity index (χ0) is 30.8. The normalized spacial score (nSPS) is 23.4. The summed E-state index contributed by atoms with van der Waals surface area (Å²) in [6.45, 7) is 4.11. The van der Waals surface area contributed by atoms with Crippen LogP contribution in [0, 0.1) is 0 Å². The Bertz CT molecular complexity index is 1750. The molecule has 1 aromatic carbocycles. The highest BCUT2D eigenvalue weighted by molar-refractivity contribution is 9.10. The maximum atomic E-state index is 14.0. The minimum atomic E-state index is -4.84. The van der Waals surface area contributed by atoms with Crippen LogP contribution in [-0.4, -0.2) is 84.7 Å². The number of hydrogen-bond acceptors (Lipinski definition) is 11. The third kappa shape index (κ3) is 4.81. The van der Waals surface area contributed by atoms with Crippen molar-refractivity contribution >= 4 is 55.5 Å². The minimum absolute atomic E-state index is 0.00187. The molecular formula is C29H27BrF3N5O6. The predicted octanol–water partition coefficient (Wildman–Crippen LogP) is 4.75. The molecule has 0 radical (unpaired) electrons. The Hall–Kier alpha value is -3.69. The summed E-state index contributed by atoms with van der Waals surface area (Å²) in [5, 5.41) is 0.399. The summed E-state index contributed by atoms with van der Waals surface area (Å²) in [6.07, 6.45) is -3.79. The van der Waals surface area contributed by atoms with Gasteiger partial charge in [-0.1, -0.05) is 12.1 Å². The molecule has 3 aliphatic rings. The van der Waals surface area contributed by atoms with Crippen LogP contribution >= 0.6 is 15.9 Å². The van der Waals surface area contributed by atoms with Crippen molar-refractivity contribution in [1.82, 2.24) is 15.0 Å². The van der Waals surface area contributed by atoms with Gasteiger partial charge >= 0.3 is 12.1 Å². The molecule has 1 unspecified atom stereocenters. The van der Waals surface area contributed by atoms with E-state index in [0.717, 1.165) is 10.2 Å². The van der Waals surface area contributed by atoms with Crippen molar-refractivity contribution in [2.75, 3.05) is 49.8 Å². The minimum Gasteiger partial charge on any atom is -0.471 e. The number of methoxy groups -OCH3 is 1. The van der Waals surface area contributed by atoms with Gasteiger partial charge in [-0.3, -0.25) is 0 Å². The number of alkyl halides is 3. The molecule has 15 heteroatoms. The number of benzene rings is 1. The Morgan fingerprint density at radius 3 is 2.70 bits per heavy atom. The number of hydrogen-bond donors (Lipinski definition) is 0. The van der Waals surface area contributed by atoms with E-state index in [1.807, 2.05) is 6.07 Å². The maximum Gasteiger partial charge on any atom is 0.451 e. The second kappa shape index (κ2) is 10.7. The van der Waals surface area contributed by atoms with Crippen LogP contribution in [0.3, 0.4) is 0 Å². The number of anilines is 2. The lowest BCUT2D eigenvalue weighted by Crippen LogP contribution is -2.68. The number of furan rings is 1. The van der Waals surface area contributed by atoms with Gasteiger partial charge in [0.15, 0.2) is 11.4 Å². The van der Waals surface area contributed by atoms with Crippen LogP contribution in [0.5, 0.6) is 5.88 Å². The first-order valence-electron chi connectivity index (χ1n) is 14.0. The van der Waals surface area contributed by atoms with Crippen LogP contribution in [0.1, 0.15) is 19.2 Å². The second-order valence-electron chi connectivity index (χ2n) is 11.1. The summed E-state index contributed by atoms with van der Waals surface area (Å²) in [6, 6.07) is 7.50. The van der Waals surface area contributed by atoms with E-state index in [1.165, 1.54) is 12.0 Å². The average molecular weight is 678 g/mol. The number of esters is 1. The summed E-state index contributed by atoms with van der Waals surface area (Å²) < 4.78 is 71.8. The summed E-state index contributed by atoms with van der Waals surface area (Å²) >= 11 is 3.51. The molecule has 3 saturated heterocycles. The van der Waals surface area contributed by atoms with Crippen molar-refractivity contribution in [2.45, 2.75) is 43.3 Å². The molecule has 0 N–H and O–H groups in total. The van der Waals surface area contributed by atoms with Crippen molar-refractivity contribution in [1.29, 1.82) is 0 Å². The number of carbonyl (C=O) groups excluding carboxylic acids is 1. The van der Waals surface area contributed by atoms with Gasteiger partial charge in [0.1, 0.15) is 34.5 Å². The molecule has 1 spiro atoms. The Morgan fingerprint density at radius 1 is 1.18 bits per heavy atom. The molecule has 3 atom stereocenters. The van der Waals surface area contributed by atoms with Crippen LogP contribution < -0.4 is 14.5 Å². The number of halogens is 4. The quantitative estimate of drug-likeness (QED) is 0.273. The van der Waals surface area contributed by atoms with Gasteiger partial charge in [-0.15, -0.1) is 0 Å². The Kier molecular flexibility index (Phi) is 7.09. The molecular weight excluding hydrogens is 651 g/mol. The summed E-state index contributed by atoms with van der Waals surface area (Å²) in [7, 11) is 1.22. The first kappa shape index (κ1) is 29.0. The Labute approximate surface area is 257 Å². The number of aromatic nitrogens is 3. The van der Waals surface area contributed by atoms with Crippen LogP contribution in [0.15, 0.2) is 45.4 Å². The van der Waals surface area contributed by atoms with E-state index in [2.05, 4.69) is 42.7 Å². The lowest BCUT2D eigenvalue weighted by atomic mass is 9.90. The van der Waals surface area contributed by atoms with E-state index in [4.69, 9.17) is 23.4 Å². The van der Waals surface area contributed by atoms with E-state index >= 15 is 0 Å². The predicted molar refractivity (Wildman–Crippen MR) is 155 cm³/mol.